The van der Waals surface area contributed by atoms with E-state index in [0.717, 1.165) is 28.2 Å². The predicted octanol–water partition coefficient (Wildman–Crippen LogP) is 3.24. The Labute approximate surface area is 116 Å². The van der Waals surface area contributed by atoms with Crippen molar-refractivity contribution in [2.45, 2.75) is 19.4 Å². The smallest absolute Gasteiger partial charge is 0.0958 e. The number of hydrogen-bond donors (Lipinski definition) is 1. The van der Waals surface area contributed by atoms with E-state index < -0.39 is 0 Å². The van der Waals surface area contributed by atoms with Crippen LogP contribution in [0.2, 0.25) is 0 Å². The molecular weight excluding hydrogens is 254 g/mol. The van der Waals surface area contributed by atoms with Gasteiger partial charge in [0, 0.05) is 12.6 Å². The molecular formula is C15H15N3S. The molecule has 0 saturated carbocycles. The molecule has 1 unspecified atom stereocenters. The van der Waals surface area contributed by atoms with Crippen LogP contribution in [0, 0.1) is 6.92 Å². The first-order valence-corrected chi connectivity index (χ1v) is 7.07. The highest BCUT2D eigenvalue weighted by atomic mass is 32.1. The molecule has 0 radical (unpaired) electrons. The summed E-state index contributed by atoms with van der Waals surface area (Å²) in [5.41, 5.74) is 9.40. The number of benzene rings is 1. The van der Waals surface area contributed by atoms with Crippen LogP contribution in [-0.4, -0.2) is 9.97 Å². The van der Waals surface area contributed by atoms with Gasteiger partial charge in [-0.25, -0.2) is 4.98 Å². The molecule has 0 aliphatic heterocycles. The first kappa shape index (κ1) is 12.3. The van der Waals surface area contributed by atoms with E-state index in [1.807, 2.05) is 37.3 Å². The third-order valence-electron chi connectivity index (χ3n) is 3.13. The molecule has 3 aromatic rings. The lowest BCUT2D eigenvalue weighted by atomic mass is 10.1. The molecule has 0 aliphatic carbocycles. The summed E-state index contributed by atoms with van der Waals surface area (Å²) in [6.07, 6.45) is 2.53. The van der Waals surface area contributed by atoms with Crippen molar-refractivity contribution in [1.82, 2.24) is 9.97 Å². The van der Waals surface area contributed by atoms with E-state index in [0.29, 0.717) is 0 Å². The standard InChI is InChI=1S/C15H15N3S/c1-10-5-4-8-17-15(10)11(16)9-14-18-12-6-2-3-7-13(12)19-14/h2-8,11H,9,16H2,1H3. The number of fused-ring (bicyclic) bond motifs is 1. The van der Waals surface area contributed by atoms with Crippen molar-refractivity contribution < 1.29 is 0 Å². The number of aromatic nitrogens is 2. The predicted molar refractivity (Wildman–Crippen MR) is 79.2 cm³/mol. The van der Waals surface area contributed by atoms with Crippen LogP contribution < -0.4 is 5.73 Å². The van der Waals surface area contributed by atoms with Crippen LogP contribution in [0.5, 0.6) is 0 Å². The van der Waals surface area contributed by atoms with Gasteiger partial charge < -0.3 is 5.73 Å². The minimum Gasteiger partial charge on any atom is -0.322 e. The number of thiazole rings is 1. The zero-order valence-electron chi connectivity index (χ0n) is 10.7. The van der Waals surface area contributed by atoms with Crippen molar-refractivity contribution in [2.24, 2.45) is 5.73 Å². The molecule has 1 aromatic carbocycles. The summed E-state index contributed by atoms with van der Waals surface area (Å²) in [4.78, 5) is 9.00. The zero-order valence-corrected chi connectivity index (χ0v) is 11.5. The Balaban J connectivity index is 1.86. The van der Waals surface area contributed by atoms with E-state index in [-0.39, 0.29) is 6.04 Å². The van der Waals surface area contributed by atoms with E-state index in [9.17, 15) is 0 Å². The fraction of sp³-hybridized carbons (Fsp3) is 0.200. The van der Waals surface area contributed by atoms with Crippen LogP contribution in [0.3, 0.4) is 0 Å². The van der Waals surface area contributed by atoms with Crippen molar-refractivity contribution in [2.75, 3.05) is 0 Å². The van der Waals surface area contributed by atoms with E-state index in [1.54, 1.807) is 17.5 Å². The molecule has 0 spiro atoms. The third-order valence-corrected chi connectivity index (χ3v) is 4.19. The molecule has 4 heteroatoms. The summed E-state index contributed by atoms with van der Waals surface area (Å²) in [5, 5.41) is 1.07. The van der Waals surface area contributed by atoms with Gasteiger partial charge in [-0.3, -0.25) is 4.98 Å². The summed E-state index contributed by atoms with van der Waals surface area (Å²) in [6, 6.07) is 12.0. The van der Waals surface area contributed by atoms with Crippen LogP contribution in [-0.2, 0) is 6.42 Å². The second-order valence-corrected chi connectivity index (χ2v) is 5.71. The van der Waals surface area contributed by atoms with Crippen molar-refractivity contribution in [3.63, 3.8) is 0 Å². The molecule has 19 heavy (non-hydrogen) atoms. The number of nitrogens with two attached hydrogens (primary N) is 1. The minimum atomic E-state index is -0.0956. The molecule has 3 nitrogen and oxygen atoms in total. The molecule has 1 atom stereocenters. The van der Waals surface area contributed by atoms with Gasteiger partial charge in [0.25, 0.3) is 0 Å². The topological polar surface area (TPSA) is 51.8 Å². The highest BCUT2D eigenvalue weighted by molar-refractivity contribution is 7.18. The molecule has 3 rings (SSSR count). The van der Waals surface area contributed by atoms with Crippen molar-refractivity contribution in [3.05, 3.63) is 58.9 Å². The maximum atomic E-state index is 6.25. The van der Waals surface area contributed by atoms with Gasteiger partial charge in [0.1, 0.15) is 0 Å². The van der Waals surface area contributed by atoms with Crippen LogP contribution in [0.15, 0.2) is 42.6 Å². The number of para-hydroxylation sites is 1. The number of nitrogens with zero attached hydrogens (tertiary/aromatic N) is 2. The number of hydrogen-bond acceptors (Lipinski definition) is 4. The number of pyridine rings is 1. The maximum Gasteiger partial charge on any atom is 0.0958 e. The first-order valence-electron chi connectivity index (χ1n) is 6.25. The van der Waals surface area contributed by atoms with Gasteiger partial charge in [-0.05, 0) is 30.7 Å². The van der Waals surface area contributed by atoms with E-state index in [1.165, 1.54) is 4.70 Å². The van der Waals surface area contributed by atoms with E-state index in [2.05, 4.69) is 16.0 Å². The maximum absolute atomic E-state index is 6.25. The van der Waals surface area contributed by atoms with Gasteiger partial charge in [0.15, 0.2) is 0 Å². The Kier molecular flexibility index (Phi) is 3.27. The second kappa shape index (κ2) is 5.07. The number of rotatable bonds is 3. The van der Waals surface area contributed by atoms with Gasteiger partial charge >= 0.3 is 0 Å². The molecule has 2 heterocycles. The molecule has 0 fully saturated rings. The average molecular weight is 269 g/mol. The molecule has 0 saturated heterocycles. The lowest BCUT2D eigenvalue weighted by Gasteiger charge is -2.11. The lowest BCUT2D eigenvalue weighted by Crippen LogP contribution is -2.16. The molecule has 2 aromatic heterocycles. The normalized spacial score (nSPS) is 12.7. The SMILES string of the molecule is Cc1cccnc1C(N)Cc1nc2ccccc2s1. The summed E-state index contributed by atoms with van der Waals surface area (Å²) in [7, 11) is 0. The fourth-order valence-electron chi connectivity index (χ4n) is 2.18. The second-order valence-electron chi connectivity index (χ2n) is 4.59. The Morgan fingerprint density at radius 2 is 2.05 bits per heavy atom. The van der Waals surface area contributed by atoms with Crippen LogP contribution in [0.4, 0.5) is 0 Å². The van der Waals surface area contributed by atoms with Crippen LogP contribution >= 0.6 is 11.3 Å². The van der Waals surface area contributed by atoms with E-state index in [4.69, 9.17) is 5.73 Å². The largest absolute Gasteiger partial charge is 0.322 e. The van der Waals surface area contributed by atoms with Gasteiger partial charge in [-0.1, -0.05) is 18.2 Å². The Hall–Kier alpha value is -1.78. The quantitative estimate of drug-likeness (QED) is 0.794. The molecule has 0 aliphatic rings. The van der Waals surface area contributed by atoms with Crippen molar-refractivity contribution >= 4 is 21.6 Å². The summed E-state index contributed by atoms with van der Waals surface area (Å²) >= 11 is 1.71. The fourth-order valence-corrected chi connectivity index (χ4v) is 3.20. The van der Waals surface area contributed by atoms with Gasteiger partial charge in [0.05, 0.1) is 27.0 Å². The van der Waals surface area contributed by atoms with Crippen LogP contribution in [0.25, 0.3) is 10.2 Å². The lowest BCUT2D eigenvalue weighted by molar-refractivity contribution is 0.688. The summed E-state index contributed by atoms with van der Waals surface area (Å²) in [5.74, 6) is 0. The van der Waals surface area contributed by atoms with Gasteiger partial charge in [-0.15, -0.1) is 11.3 Å². The summed E-state index contributed by atoms with van der Waals surface area (Å²) < 4.78 is 1.21. The molecule has 0 amide bonds. The highest BCUT2D eigenvalue weighted by Gasteiger charge is 2.13. The highest BCUT2D eigenvalue weighted by Crippen LogP contribution is 2.25. The molecule has 2 N–H and O–H groups in total. The van der Waals surface area contributed by atoms with Crippen molar-refractivity contribution in [1.29, 1.82) is 0 Å². The third kappa shape index (κ3) is 2.50. The first-order chi connectivity index (χ1) is 9.24. The van der Waals surface area contributed by atoms with Gasteiger partial charge in [-0.2, -0.15) is 0 Å². The minimum absolute atomic E-state index is 0.0956. The Bertz CT molecular complexity index is 672. The number of aryl methyl sites for hydroxylation is 1. The molecule has 96 valence electrons. The monoisotopic (exact) mass is 269 g/mol. The Morgan fingerprint density at radius 3 is 2.84 bits per heavy atom. The molecule has 0 bridgehead atoms. The van der Waals surface area contributed by atoms with E-state index >= 15 is 0 Å². The van der Waals surface area contributed by atoms with Crippen LogP contribution in [0.1, 0.15) is 22.3 Å². The summed E-state index contributed by atoms with van der Waals surface area (Å²) in [6.45, 7) is 2.04. The average Bonchev–Trinajstić information content (AvgIpc) is 2.81. The van der Waals surface area contributed by atoms with Crippen molar-refractivity contribution in [3.8, 4) is 0 Å². The van der Waals surface area contributed by atoms with Gasteiger partial charge in [0.2, 0.25) is 0 Å². The zero-order chi connectivity index (χ0) is 13.2. The Morgan fingerprint density at radius 1 is 1.21 bits per heavy atom.